The Bertz CT molecular complexity index is 891. The van der Waals surface area contributed by atoms with Gasteiger partial charge in [-0.3, -0.25) is 4.90 Å². The Labute approximate surface area is 185 Å². The maximum atomic E-state index is 12.9. The molecule has 2 N–H and O–H groups in total. The second kappa shape index (κ2) is 8.92. The standard InChI is InChI=1S/C22H27ClF3N5/c23-17-3-1-2-16(14-17)21(15-27)7-4-18(5-8-21)30-10-12-31(13-11-30)20-28-9-6-19(29-20)22(24,25)26/h1-3,6,9,14,18H,4-5,7-8,10-13,15,27H2. The summed E-state index contributed by atoms with van der Waals surface area (Å²) in [5, 5.41) is 0.736. The van der Waals surface area contributed by atoms with E-state index in [0.29, 0.717) is 25.7 Å². The number of halogens is 4. The maximum absolute atomic E-state index is 12.9. The highest BCUT2D eigenvalue weighted by Gasteiger charge is 2.38. The van der Waals surface area contributed by atoms with E-state index in [4.69, 9.17) is 17.3 Å². The molecule has 0 atom stereocenters. The normalized spacial score (nSPS) is 25.6. The van der Waals surface area contributed by atoms with Crippen LogP contribution in [-0.4, -0.2) is 53.6 Å². The van der Waals surface area contributed by atoms with Gasteiger partial charge < -0.3 is 10.6 Å². The van der Waals surface area contributed by atoms with E-state index >= 15 is 0 Å². The van der Waals surface area contributed by atoms with Gasteiger partial charge in [0, 0.05) is 55.4 Å². The van der Waals surface area contributed by atoms with Crippen molar-refractivity contribution in [1.82, 2.24) is 14.9 Å². The molecule has 0 bridgehead atoms. The molecule has 1 aliphatic carbocycles. The van der Waals surface area contributed by atoms with Crippen molar-refractivity contribution in [3.63, 3.8) is 0 Å². The SMILES string of the molecule is NCC1(c2cccc(Cl)c2)CCC(N2CCN(c3nccc(C(F)(F)F)n3)CC2)CC1. The lowest BCUT2D eigenvalue weighted by molar-refractivity contribution is -0.141. The number of alkyl halides is 3. The van der Waals surface area contributed by atoms with Crippen LogP contribution < -0.4 is 10.6 Å². The fourth-order valence-electron chi connectivity index (χ4n) is 4.90. The Hall–Kier alpha value is -1.90. The number of nitrogens with two attached hydrogens (primary N) is 1. The second-order valence-corrected chi connectivity index (χ2v) is 8.93. The summed E-state index contributed by atoms with van der Waals surface area (Å²) >= 11 is 6.21. The lowest BCUT2D eigenvalue weighted by Gasteiger charge is -2.46. The van der Waals surface area contributed by atoms with Gasteiger partial charge >= 0.3 is 6.18 Å². The number of hydrogen-bond acceptors (Lipinski definition) is 5. The molecule has 0 spiro atoms. The summed E-state index contributed by atoms with van der Waals surface area (Å²) in [6, 6.07) is 9.38. The largest absolute Gasteiger partial charge is 0.433 e. The predicted molar refractivity (Wildman–Crippen MR) is 115 cm³/mol. The van der Waals surface area contributed by atoms with Gasteiger partial charge in [-0.05, 0) is 49.4 Å². The Morgan fingerprint density at radius 2 is 1.81 bits per heavy atom. The van der Waals surface area contributed by atoms with Crippen LogP contribution in [0.1, 0.15) is 36.9 Å². The van der Waals surface area contributed by atoms with Crippen molar-refractivity contribution in [3.8, 4) is 0 Å². The lowest BCUT2D eigenvalue weighted by Crippen LogP contribution is -2.53. The summed E-state index contributed by atoms with van der Waals surface area (Å²) in [6.07, 6.45) is 0.825. The molecule has 2 heterocycles. The highest BCUT2D eigenvalue weighted by molar-refractivity contribution is 6.30. The molecule has 9 heteroatoms. The van der Waals surface area contributed by atoms with Crippen LogP contribution in [0.15, 0.2) is 36.5 Å². The summed E-state index contributed by atoms with van der Waals surface area (Å²) < 4.78 is 38.8. The van der Waals surface area contributed by atoms with E-state index in [1.165, 1.54) is 11.8 Å². The first-order valence-electron chi connectivity index (χ1n) is 10.7. The summed E-state index contributed by atoms with van der Waals surface area (Å²) in [6.45, 7) is 3.41. The molecule has 1 saturated carbocycles. The molecule has 1 aliphatic heterocycles. The predicted octanol–water partition coefficient (Wildman–Crippen LogP) is 4.11. The third kappa shape index (κ3) is 4.81. The number of nitrogens with zero attached hydrogens (tertiary/aromatic N) is 4. The third-order valence-corrected chi connectivity index (χ3v) is 7.02. The average molecular weight is 454 g/mol. The number of rotatable bonds is 4. The van der Waals surface area contributed by atoms with E-state index in [2.05, 4.69) is 20.9 Å². The molecule has 1 saturated heterocycles. The van der Waals surface area contributed by atoms with E-state index in [0.717, 1.165) is 49.9 Å². The Balaban J connectivity index is 1.35. The van der Waals surface area contributed by atoms with Crippen LogP contribution in [0.25, 0.3) is 0 Å². The summed E-state index contributed by atoms with van der Waals surface area (Å²) in [4.78, 5) is 12.1. The number of benzene rings is 1. The van der Waals surface area contributed by atoms with Crippen molar-refractivity contribution < 1.29 is 13.2 Å². The fourth-order valence-corrected chi connectivity index (χ4v) is 5.09. The topological polar surface area (TPSA) is 58.3 Å². The van der Waals surface area contributed by atoms with Crippen molar-refractivity contribution in [2.75, 3.05) is 37.6 Å². The van der Waals surface area contributed by atoms with Gasteiger partial charge in [-0.15, -0.1) is 0 Å². The summed E-state index contributed by atoms with van der Waals surface area (Å²) in [7, 11) is 0. The molecule has 5 nitrogen and oxygen atoms in total. The maximum Gasteiger partial charge on any atom is 0.433 e. The molecule has 0 unspecified atom stereocenters. The Morgan fingerprint density at radius 3 is 2.42 bits per heavy atom. The van der Waals surface area contributed by atoms with Gasteiger partial charge in [0.25, 0.3) is 0 Å². The first-order valence-corrected chi connectivity index (χ1v) is 11.0. The minimum atomic E-state index is -4.46. The zero-order valence-corrected chi connectivity index (χ0v) is 18.0. The monoisotopic (exact) mass is 453 g/mol. The molecule has 2 aromatic rings. The fraction of sp³-hybridized carbons (Fsp3) is 0.545. The molecular weight excluding hydrogens is 427 g/mol. The molecule has 2 aliphatic rings. The van der Waals surface area contributed by atoms with Gasteiger partial charge in [0.1, 0.15) is 5.69 Å². The van der Waals surface area contributed by atoms with Crippen molar-refractivity contribution >= 4 is 17.5 Å². The smallest absolute Gasteiger partial charge is 0.338 e. The highest BCUT2D eigenvalue weighted by Crippen LogP contribution is 2.41. The van der Waals surface area contributed by atoms with Crippen LogP contribution >= 0.6 is 11.6 Å². The first kappa shape index (κ1) is 22.3. The van der Waals surface area contributed by atoms with E-state index in [1.807, 2.05) is 23.1 Å². The van der Waals surface area contributed by atoms with Gasteiger partial charge in [0.2, 0.25) is 5.95 Å². The van der Waals surface area contributed by atoms with Crippen molar-refractivity contribution in [1.29, 1.82) is 0 Å². The molecule has 0 radical (unpaired) electrons. The van der Waals surface area contributed by atoms with E-state index in [-0.39, 0.29) is 11.4 Å². The van der Waals surface area contributed by atoms with Gasteiger partial charge in [-0.2, -0.15) is 13.2 Å². The molecule has 1 aromatic carbocycles. The molecule has 4 rings (SSSR count). The quantitative estimate of drug-likeness (QED) is 0.755. The van der Waals surface area contributed by atoms with E-state index in [9.17, 15) is 13.2 Å². The first-order chi connectivity index (χ1) is 14.8. The molecule has 0 amide bonds. The Kier molecular flexibility index (Phi) is 6.42. The van der Waals surface area contributed by atoms with Crippen molar-refractivity contribution in [3.05, 3.63) is 52.8 Å². The van der Waals surface area contributed by atoms with Crippen molar-refractivity contribution in [2.45, 2.75) is 43.3 Å². The highest BCUT2D eigenvalue weighted by atomic mass is 35.5. The number of anilines is 1. The van der Waals surface area contributed by atoms with Crippen LogP contribution in [0, 0.1) is 0 Å². The molecule has 31 heavy (non-hydrogen) atoms. The third-order valence-electron chi connectivity index (χ3n) is 6.79. The zero-order valence-electron chi connectivity index (χ0n) is 17.3. The van der Waals surface area contributed by atoms with Crippen LogP contribution in [0.3, 0.4) is 0 Å². The second-order valence-electron chi connectivity index (χ2n) is 8.49. The number of aromatic nitrogens is 2. The zero-order chi connectivity index (χ0) is 22.1. The molecule has 1 aromatic heterocycles. The number of hydrogen-bond donors (Lipinski definition) is 1. The average Bonchev–Trinajstić information content (AvgIpc) is 2.79. The molecule has 168 valence electrons. The van der Waals surface area contributed by atoms with Gasteiger partial charge in [0.05, 0.1) is 0 Å². The van der Waals surface area contributed by atoms with Crippen LogP contribution in [0.2, 0.25) is 5.02 Å². The minimum Gasteiger partial charge on any atom is -0.338 e. The van der Waals surface area contributed by atoms with Crippen LogP contribution in [-0.2, 0) is 11.6 Å². The molecular formula is C22H27ClF3N5. The Morgan fingerprint density at radius 1 is 1.10 bits per heavy atom. The lowest BCUT2D eigenvalue weighted by atomic mass is 9.68. The summed E-state index contributed by atoms with van der Waals surface area (Å²) in [5.41, 5.74) is 6.50. The van der Waals surface area contributed by atoms with Gasteiger partial charge in [-0.1, -0.05) is 23.7 Å². The van der Waals surface area contributed by atoms with E-state index in [1.54, 1.807) is 0 Å². The van der Waals surface area contributed by atoms with Crippen LogP contribution in [0.5, 0.6) is 0 Å². The van der Waals surface area contributed by atoms with E-state index < -0.39 is 11.9 Å². The van der Waals surface area contributed by atoms with Gasteiger partial charge in [-0.25, -0.2) is 9.97 Å². The minimum absolute atomic E-state index is 0.0326. The van der Waals surface area contributed by atoms with Crippen LogP contribution in [0.4, 0.5) is 19.1 Å². The van der Waals surface area contributed by atoms with Gasteiger partial charge in [0.15, 0.2) is 0 Å². The molecule has 2 fully saturated rings. The summed E-state index contributed by atoms with van der Waals surface area (Å²) in [5.74, 6) is 0.154. The number of piperazine rings is 1. The van der Waals surface area contributed by atoms with Crippen molar-refractivity contribution in [2.24, 2.45) is 5.73 Å².